The highest BCUT2D eigenvalue weighted by Crippen LogP contribution is 2.17. The second kappa shape index (κ2) is 10.1. The molecule has 1 saturated heterocycles. The maximum absolute atomic E-state index is 13.4. The first-order valence-electron chi connectivity index (χ1n) is 8.50. The molecule has 1 aromatic heterocycles. The molecule has 1 N–H and O–H groups in total. The monoisotopic (exact) mass is 426 g/mol. The Bertz CT molecular complexity index is 796. The molecule has 0 amide bonds. The summed E-state index contributed by atoms with van der Waals surface area (Å²) < 4.78 is 42.6. The number of hydrogen-bond donors (Lipinski definition) is 1. The van der Waals surface area contributed by atoms with Crippen LogP contribution in [-0.4, -0.2) is 27.4 Å². The van der Waals surface area contributed by atoms with Crippen molar-refractivity contribution < 1.29 is 13.2 Å². The molecule has 2 aromatic rings. The summed E-state index contributed by atoms with van der Waals surface area (Å²) in [5.41, 5.74) is -0.163. The molecular weight excluding hydrogens is 404 g/mol. The minimum atomic E-state index is -1.51. The molecule has 27 heavy (non-hydrogen) atoms. The molecule has 10 heteroatoms. The van der Waals surface area contributed by atoms with Crippen molar-refractivity contribution in [2.75, 3.05) is 13.1 Å². The van der Waals surface area contributed by atoms with Gasteiger partial charge in [-0.2, -0.15) is 5.10 Å². The Morgan fingerprint density at radius 3 is 2.30 bits per heavy atom. The standard InChI is InChI=1S/C17H21F3N4O.2ClH/c1-2-23-15(9-11-3-5-21-6-4-11)22-24(17(23)25)10-12-7-13(18)16(20)14(19)8-12;;/h7-8,11,21H,2-6,9-10H2,1H3;2*1H. The van der Waals surface area contributed by atoms with Crippen molar-refractivity contribution in [3.05, 3.63) is 51.5 Å². The SMILES string of the molecule is CCn1c(CC2CCNCC2)nn(Cc2cc(F)c(F)c(F)c2)c1=O.Cl.Cl. The van der Waals surface area contributed by atoms with E-state index in [1.54, 1.807) is 4.57 Å². The lowest BCUT2D eigenvalue weighted by molar-refractivity contribution is 0.362. The number of hydrogen-bond acceptors (Lipinski definition) is 3. The molecule has 0 radical (unpaired) electrons. The summed E-state index contributed by atoms with van der Waals surface area (Å²) in [7, 11) is 0. The van der Waals surface area contributed by atoms with E-state index in [9.17, 15) is 18.0 Å². The minimum Gasteiger partial charge on any atom is -0.317 e. The molecule has 152 valence electrons. The van der Waals surface area contributed by atoms with Crippen LogP contribution in [0.5, 0.6) is 0 Å². The lowest BCUT2D eigenvalue weighted by Crippen LogP contribution is -2.30. The number of piperidine rings is 1. The average Bonchev–Trinajstić information content (AvgIpc) is 2.88. The van der Waals surface area contributed by atoms with Crippen molar-refractivity contribution in [2.45, 2.75) is 39.3 Å². The van der Waals surface area contributed by atoms with Gasteiger partial charge in [-0.05, 0) is 56.5 Å². The molecule has 3 rings (SSSR count). The van der Waals surface area contributed by atoms with Crippen LogP contribution in [0.3, 0.4) is 0 Å². The third-order valence-electron chi connectivity index (χ3n) is 4.62. The fraction of sp³-hybridized carbons (Fsp3) is 0.529. The fourth-order valence-corrected chi connectivity index (χ4v) is 3.27. The Morgan fingerprint density at radius 2 is 1.74 bits per heavy atom. The minimum absolute atomic E-state index is 0. The molecule has 2 heterocycles. The van der Waals surface area contributed by atoms with E-state index in [0.717, 1.165) is 38.1 Å². The molecular formula is C17H23Cl2F3N4O. The molecule has 1 aliphatic rings. The van der Waals surface area contributed by atoms with E-state index >= 15 is 0 Å². The highest BCUT2D eigenvalue weighted by molar-refractivity contribution is 5.85. The van der Waals surface area contributed by atoms with Crippen LogP contribution in [0.2, 0.25) is 0 Å². The van der Waals surface area contributed by atoms with Crippen LogP contribution in [-0.2, 0) is 19.5 Å². The van der Waals surface area contributed by atoms with Gasteiger partial charge in [-0.25, -0.2) is 22.6 Å². The van der Waals surface area contributed by atoms with Gasteiger partial charge in [0.25, 0.3) is 0 Å². The summed E-state index contributed by atoms with van der Waals surface area (Å²) in [4.78, 5) is 12.5. The lowest BCUT2D eigenvalue weighted by atomic mass is 9.94. The van der Waals surface area contributed by atoms with Gasteiger partial charge in [0, 0.05) is 13.0 Å². The number of nitrogens with zero attached hydrogens (tertiary/aromatic N) is 3. The van der Waals surface area contributed by atoms with Crippen molar-refractivity contribution in [2.24, 2.45) is 5.92 Å². The number of nitrogens with one attached hydrogen (secondary N) is 1. The Balaban J connectivity index is 0.00000182. The van der Waals surface area contributed by atoms with Crippen LogP contribution < -0.4 is 11.0 Å². The molecule has 5 nitrogen and oxygen atoms in total. The Morgan fingerprint density at radius 1 is 1.15 bits per heavy atom. The van der Waals surface area contributed by atoms with Crippen LogP contribution in [0.4, 0.5) is 13.2 Å². The number of aromatic nitrogens is 3. The topological polar surface area (TPSA) is 51.9 Å². The van der Waals surface area contributed by atoms with E-state index in [0.29, 0.717) is 24.7 Å². The Labute approximate surface area is 167 Å². The zero-order valence-electron chi connectivity index (χ0n) is 14.9. The zero-order valence-corrected chi connectivity index (χ0v) is 16.5. The highest BCUT2D eigenvalue weighted by atomic mass is 35.5. The van der Waals surface area contributed by atoms with Gasteiger partial charge in [0.05, 0.1) is 6.54 Å². The van der Waals surface area contributed by atoms with Crippen LogP contribution >= 0.6 is 24.8 Å². The average molecular weight is 427 g/mol. The van der Waals surface area contributed by atoms with Crippen molar-refractivity contribution in [3.63, 3.8) is 0 Å². The molecule has 1 aliphatic heterocycles. The van der Waals surface area contributed by atoms with Crippen LogP contribution in [0, 0.1) is 23.4 Å². The number of rotatable bonds is 5. The molecule has 0 atom stereocenters. The van der Waals surface area contributed by atoms with Gasteiger partial charge in [0.2, 0.25) is 0 Å². The van der Waals surface area contributed by atoms with Crippen molar-refractivity contribution in [1.29, 1.82) is 0 Å². The first kappa shape index (κ1) is 23.5. The summed E-state index contributed by atoms with van der Waals surface area (Å²) in [5, 5.41) is 7.66. The number of halogens is 5. The normalized spacial score (nSPS) is 14.5. The zero-order chi connectivity index (χ0) is 18.0. The third kappa shape index (κ3) is 5.27. The molecule has 0 bridgehead atoms. The predicted octanol–water partition coefficient (Wildman–Crippen LogP) is 2.92. The Kier molecular flexibility index (Phi) is 8.84. The van der Waals surface area contributed by atoms with E-state index in [2.05, 4.69) is 10.4 Å². The van der Waals surface area contributed by atoms with Crippen molar-refractivity contribution in [1.82, 2.24) is 19.7 Å². The van der Waals surface area contributed by atoms with E-state index in [1.165, 1.54) is 4.68 Å². The summed E-state index contributed by atoms with van der Waals surface area (Å²) in [6, 6.07) is 1.78. The van der Waals surface area contributed by atoms with Gasteiger partial charge in [-0.15, -0.1) is 24.8 Å². The smallest absolute Gasteiger partial charge is 0.317 e. The van der Waals surface area contributed by atoms with Gasteiger partial charge < -0.3 is 5.32 Å². The summed E-state index contributed by atoms with van der Waals surface area (Å²) >= 11 is 0. The molecule has 0 saturated carbocycles. The van der Waals surface area contributed by atoms with E-state index in [4.69, 9.17) is 0 Å². The van der Waals surface area contributed by atoms with Crippen molar-refractivity contribution in [3.8, 4) is 0 Å². The van der Waals surface area contributed by atoms with Gasteiger partial charge in [0.1, 0.15) is 5.82 Å². The van der Waals surface area contributed by atoms with E-state index in [1.807, 2.05) is 6.92 Å². The van der Waals surface area contributed by atoms with Crippen LogP contribution in [0.25, 0.3) is 0 Å². The van der Waals surface area contributed by atoms with Gasteiger partial charge >= 0.3 is 5.69 Å². The predicted molar refractivity (Wildman–Crippen MR) is 101 cm³/mol. The number of benzene rings is 1. The molecule has 1 aromatic carbocycles. The van der Waals surface area contributed by atoms with Crippen LogP contribution in [0.15, 0.2) is 16.9 Å². The summed E-state index contributed by atoms with van der Waals surface area (Å²) in [6.45, 7) is 4.15. The lowest BCUT2D eigenvalue weighted by Gasteiger charge is -2.21. The molecule has 0 unspecified atom stereocenters. The Hall–Kier alpha value is -1.51. The largest absolute Gasteiger partial charge is 0.346 e. The second-order valence-electron chi connectivity index (χ2n) is 6.37. The third-order valence-corrected chi connectivity index (χ3v) is 4.62. The maximum Gasteiger partial charge on any atom is 0.346 e. The first-order chi connectivity index (χ1) is 12.0. The van der Waals surface area contributed by atoms with Gasteiger partial charge in [-0.3, -0.25) is 4.57 Å². The summed E-state index contributed by atoms with van der Waals surface area (Å²) in [5.74, 6) is -2.91. The van der Waals surface area contributed by atoms with E-state index < -0.39 is 17.5 Å². The highest BCUT2D eigenvalue weighted by Gasteiger charge is 2.20. The molecule has 0 aliphatic carbocycles. The molecule has 0 spiro atoms. The van der Waals surface area contributed by atoms with Gasteiger partial charge in [-0.1, -0.05) is 0 Å². The maximum atomic E-state index is 13.4. The van der Waals surface area contributed by atoms with E-state index in [-0.39, 0.29) is 42.6 Å². The second-order valence-corrected chi connectivity index (χ2v) is 6.37. The van der Waals surface area contributed by atoms with Crippen LogP contribution in [0.1, 0.15) is 31.2 Å². The van der Waals surface area contributed by atoms with Crippen molar-refractivity contribution >= 4 is 24.8 Å². The first-order valence-corrected chi connectivity index (χ1v) is 8.50. The molecule has 1 fully saturated rings. The fourth-order valence-electron chi connectivity index (χ4n) is 3.27. The summed E-state index contributed by atoms with van der Waals surface area (Å²) in [6.07, 6.45) is 2.75. The van der Waals surface area contributed by atoms with Gasteiger partial charge in [0.15, 0.2) is 17.5 Å². The quantitative estimate of drug-likeness (QED) is 0.747.